The van der Waals surface area contributed by atoms with Crippen LogP contribution in [0.15, 0.2) is 4.52 Å². The van der Waals surface area contributed by atoms with Crippen molar-refractivity contribution < 1.29 is 9.63 Å². The standard InChI is InChI=1S/C11H19N3O2/c15-9-5-2-6-10-12-11(13-16-10)14-7-3-1-4-8-14/h15H,1-9H2. The molecule has 1 N–H and O–H groups in total. The highest BCUT2D eigenvalue weighted by Gasteiger charge is 2.16. The average molecular weight is 225 g/mol. The van der Waals surface area contributed by atoms with Crippen LogP contribution in [0.3, 0.4) is 0 Å². The summed E-state index contributed by atoms with van der Waals surface area (Å²) in [6.07, 6.45) is 6.20. The van der Waals surface area contributed by atoms with Gasteiger partial charge in [-0.3, -0.25) is 0 Å². The van der Waals surface area contributed by atoms with Crippen molar-refractivity contribution >= 4 is 5.95 Å². The lowest BCUT2D eigenvalue weighted by molar-refractivity contribution is 0.281. The molecule has 1 aromatic rings. The Morgan fingerprint density at radius 1 is 1.19 bits per heavy atom. The molecule has 0 unspecified atom stereocenters. The summed E-state index contributed by atoms with van der Waals surface area (Å²) in [7, 11) is 0. The molecule has 0 aliphatic carbocycles. The van der Waals surface area contributed by atoms with Crippen molar-refractivity contribution in [2.24, 2.45) is 0 Å². The average Bonchev–Trinajstić information content (AvgIpc) is 2.79. The number of rotatable bonds is 5. The fraction of sp³-hybridized carbons (Fsp3) is 0.818. The molecule has 0 amide bonds. The maximum atomic E-state index is 8.68. The molecule has 1 aliphatic heterocycles. The van der Waals surface area contributed by atoms with Gasteiger partial charge in [-0.05, 0) is 37.3 Å². The highest BCUT2D eigenvalue weighted by Crippen LogP contribution is 2.16. The molecule has 1 fully saturated rings. The van der Waals surface area contributed by atoms with E-state index in [2.05, 4.69) is 15.0 Å². The van der Waals surface area contributed by atoms with Gasteiger partial charge in [-0.2, -0.15) is 4.98 Å². The first kappa shape index (κ1) is 11.4. The van der Waals surface area contributed by atoms with E-state index in [-0.39, 0.29) is 6.61 Å². The number of piperidine rings is 1. The van der Waals surface area contributed by atoms with Crippen LogP contribution in [0.1, 0.15) is 38.0 Å². The summed E-state index contributed by atoms with van der Waals surface area (Å²) < 4.78 is 5.18. The van der Waals surface area contributed by atoms with Crippen molar-refractivity contribution in [3.8, 4) is 0 Å². The second kappa shape index (κ2) is 5.84. The maximum absolute atomic E-state index is 8.68. The van der Waals surface area contributed by atoms with Crippen LogP contribution in [0.2, 0.25) is 0 Å². The molecule has 0 saturated carbocycles. The van der Waals surface area contributed by atoms with Crippen LogP contribution in [0.25, 0.3) is 0 Å². The van der Waals surface area contributed by atoms with Crippen molar-refractivity contribution in [3.63, 3.8) is 0 Å². The number of aliphatic hydroxyl groups is 1. The molecule has 1 aromatic heterocycles. The van der Waals surface area contributed by atoms with Crippen molar-refractivity contribution in [1.29, 1.82) is 0 Å². The number of anilines is 1. The third-order valence-electron chi connectivity index (χ3n) is 2.90. The molecule has 0 aromatic carbocycles. The van der Waals surface area contributed by atoms with Crippen molar-refractivity contribution in [3.05, 3.63) is 5.89 Å². The van der Waals surface area contributed by atoms with E-state index in [4.69, 9.17) is 9.63 Å². The Balaban J connectivity index is 1.85. The van der Waals surface area contributed by atoms with Gasteiger partial charge in [0.1, 0.15) is 0 Å². The molecule has 5 nitrogen and oxygen atoms in total. The van der Waals surface area contributed by atoms with Gasteiger partial charge >= 0.3 is 0 Å². The van der Waals surface area contributed by atoms with E-state index in [1.54, 1.807) is 0 Å². The highest BCUT2D eigenvalue weighted by atomic mass is 16.5. The van der Waals surface area contributed by atoms with Crippen LogP contribution in [0, 0.1) is 0 Å². The van der Waals surface area contributed by atoms with Crippen molar-refractivity contribution in [2.45, 2.75) is 38.5 Å². The van der Waals surface area contributed by atoms with Crippen LogP contribution in [-0.4, -0.2) is 34.9 Å². The van der Waals surface area contributed by atoms with Crippen LogP contribution < -0.4 is 4.90 Å². The SMILES string of the molecule is OCCCCc1nc(N2CCCCC2)no1. The number of nitrogens with zero attached hydrogens (tertiary/aromatic N) is 3. The quantitative estimate of drug-likeness (QED) is 0.767. The Morgan fingerprint density at radius 2 is 2.00 bits per heavy atom. The van der Waals surface area contributed by atoms with E-state index in [9.17, 15) is 0 Å². The van der Waals surface area contributed by atoms with Crippen LogP contribution >= 0.6 is 0 Å². The lowest BCUT2D eigenvalue weighted by Gasteiger charge is -2.24. The minimum atomic E-state index is 0.229. The topological polar surface area (TPSA) is 62.4 Å². The fourth-order valence-electron chi connectivity index (χ4n) is 1.96. The molecule has 0 radical (unpaired) electrons. The fourth-order valence-corrected chi connectivity index (χ4v) is 1.96. The zero-order chi connectivity index (χ0) is 11.2. The summed E-state index contributed by atoms with van der Waals surface area (Å²) in [5, 5.41) is 12.7. The van der Waals surface area contributed by atoms with E-state index >= 15 is 0 Å². The molecule has 0 bridgehead atoms. The third kappa shape index (κ3) is 2.95. The summed E-state index contributed by atoms with van der Waals surface area (Å²) in [6, 6.07) is 0. The summed E-state index contributed by atoms with van der Waals surface area (Å²) in [6.45, 7) is 2.30. The highest BCUT2D eigenvalue weighted by molar-refractivity contribution is 5.27. The van der Waals surface area contributed by atoms with Gasteiger partial charge < -0.3 is 14.5 Å². The predicted octanol–water partition coefficient (Wildman–Crippen LogP) is 1.37. The monoisotopic (exact) mass is 225 g/mol. The minimum absolute atomic E-state index is 0.229. The normalized spacial score (nSPS) is 16.7. The van der Waals surface area contributed by atoms with Crippen molar-refractivity contribution in [1.82, 2.24) is 10.1 Å². The van der Waals surface area contributed by atoms with E-state index in [1.807, 2.05) is 0 Å². The van der Waals surface area contributed by atoms with Gasteiger partial charge in [0.25, 0.3) is 5.95 Å². The first-order chi connectivity index (χ1) is 7.90. The van der Waals surface area contributed by atoms with Gasteiger partial charge in [-0.1, -0.05) is 0 Å². The number of aryl methyl sites for hydroxylation is 1. The van der Waals surface area contributed by atoms with E-state index in [1.165, 1.54) is 19.3 Å². The summed E-state index contributed by atoms with van der Waals surface area (Å²) in [5.74, 6) is 1.42. The van der Waals surface area contributed by atoms with Gasteiger partial charge in [0.05, 0.1) is 0 Å². The molecule has 0 spiro atoms. The second-order valence-electron chi connectivity index (χ2n) is 4.22. The third-order valence-corrected chi connectivity index (χ3v) is 2.90. The number of aromatic nitrogens is 2. The van der Waals surface area contributed by atoms with E-state index < -0.39 is 0 Å². The molecule has 2 rings (SSSR count). The summed E-state index contributed by atoms with van der Waals surface area (Å²) >= 11 is 0. The van der Waals surface area contributed by atoms with Crippen LogP contribution in [0.4, 0.5) is 5.95 Å². The number of hydrogen-bond donors (Lipinski definition) is 1. The number of hydrogen-bond acceptors (Lipinski definition) is 5. The number of aliphatic hydroxyl groups excluding tert-OH is 1. The lowest BCUT2D eigenvalue weighted by atomic mass is 10.1. The molecule has 0 atom stereocenters. The Bertz CT molecular complexity index is 308. The molecular weight excluding hydrogens is 206 g/mol. The lowest BCUT2D eigenvalue weighted by Crippen LogP contribution is -2.30. The summed E-state index contributed by atoms with van der Waals surface area (Å²) in [5.41, 5.74) is 0. The molecule has 2 heterocycles. The first-order valence-corrected chi connectivity index (χ1v) is 6.08. The van der Waals surface area contributed by atoms with Gasteiger partial charge in [-0.15, -0.1) is 0 Å². The van der Waals surface area contributed by atoms with Crippen molar-refractivity contribution in [2.75, 3.05) is 24.6 Å². The largest absolute Gasteiger partial charge is 0.396 e. The Kier molecular flexibility index (Phi) is 4.16. The first-order valence-electron chi connectivity index (χ1n) is 6.08. The predicted molar refractivity (Wildman–Crippen MR) is 60.4 cm³/mol. The van der Waals surface area contributed by atoms with Gasteiger partial charge in [0.15, 0.2) is 0 Å². The van der Waals surface area contributed by atoms with E-state index in [0.29, 0.717) is 5.89 Å². The number of unbranched alkanes of at least 4 members (excludes halogenated alkanes) is 1. The molecule has 90 valence electrons. The maximum Gasteiger partial charge on any atom is 0.266 e. The van der Waals surface area contributed by atoms with Gasteiger partial charge in [0, 0.05) is 26.1 Å². The van der Waals surface area contributed by atoms with E-state index in [0.717, 1.165) is 38.3 Å². The molecule has 1 saturated heterocycles. The molecule has 1 aliphatic rings. The zero-order valence-corrected chi connectivity index (χ0v) is 9.56. The van der Waals surface area contributed by atoms with Gasteiger partial charge in [0.2, 0.25) is 5.89 Å². The minimum Gasteiger partial charge on any atom is -0.396 e. The van der Waals surface area contributed by atoms with Crippen LogP contribution in [0.5, 0.6) is 0 Å². The second-order valence-corrected chi connectivity index (χ2v) is 4.22. The Hall–Kier alpha value is -1.10. The Labute approximate surface area is 95.4 Å². The Morgan fingerprint density at radius 3 is 2.75 bits per heavy atom. The smallest absolute Gasteiger partial charge is 0.266 e. The molecular formula is C11H19N3O2. The van der Waals surface area contributed by atoms with Crippen LogP contribution in [-0.2, 0) is 6.42 Å². The molecule has 5 heteroatoms. The van der Waals surface area contributed by atoms with Gasteiger partial charge in [-0.25, -0.2) is 0 Å². The zero-order valence-electron chi connectivity index (χ0n) is 9.56. The summed E-state index contributed by atoms with van der Waals surface area (Å²) in [4.78, 5) is 6.56. The molecule has 16 heavy (non-hydrogen) atoms.